The van der Waals surface area contributed by atoms with Gasteiger partial charge in [-0.3, -0.25) is 14.5 Å². The number of imide groups is 1. The molecule has 2 heterocycles. The van der Waals surface area contributed by atoms with Crippen LogP contribution in [-0.4, -0.2) is 46.3 Å². The molecule has 2 saturated heterocycles. The van der Waals surface area contributed by atoms with Crippen LogP contribution in [0.15, 0.2) is 29.2 Å². The molecular formula is C15H18N2O6S. The van der Waals surface area contributed by atoms with E-state index in [1.807, 2.05) is 0 Å². The molecule has 3 rings (SSSR count). The summed E-state index contributed by atoms with van der Waals surface area (Å²) in [5.74, 6) is -0.546. The van der Waals surface area contributed by atoms with Gasteiger partial charge < -0.3 is 9.47 Å². The van der Waals surface area contributed by atoms with Crippen LogP contribution in [0.3, 0.4) is 0 Å². The van der Waals surface area contributed by atoms with Crippen molar-refractivity contribution in [2.24, 2.45) is 0 Å². The molecule has 130 valence electrons. The van der Waals surface area contributed by atoms with Gasteiger partial charge in [0.25, 0.3) is 0 Å². The van der Waals surface area contributed by atoms with E-state index >= 15 is 0 Å². The first kappa shape index (κ1) is 17.0. The van der Waals surface area contributed by atoms with Gasteiger partial charge in [-0.15, -0.1) is 0 Å². The number of carbonyl (C=O) groups excluding carboxylic acids is 2. The lowest BCUT2D eigenvalue weighted by Crippen LogP contribution is -2.29. The van der Waals surface area contributed by atoms with Gasteiger partial charge in [0.05, 0.1) is 23.8 Å². The fraction of sp³-hybridized carbons (Fsp3) is 0.467. The number of nitrogens with one attached hydrogen (secondary N) is 1. The third-order valence-corrected chi connectivity index (χ3v) is 5.30. The number of anilines is 1. The highest BCUT2D eigenvalue weighted by atomic mass is 32.2. The third-order valence-electron chi connectivity index (χ3n) is 3.82. The molecule has 1 aromatic carbocycles. The van der Waals surface area contributed by atoms with Crippen LogP contribution in [0.1, 0.15) is 19.3 Å². The number of carbonyl (C=O) groups is 2. The topological polar surface area (TPSA) is 102 Å². The number of ether oxygens (including phenoxy) is 2. The zero-order valence-corrected chi connectivity index (χ0v) is 13.8. The average molecular weight is 354 g/mol. The molecule has 9 heteroatoms. The Kier molecular flexibility index (Phi) is 4.95. The maximum atomic E-state index is 12.2. The molecule has 0 atom stereocenters. The van der Waals surface area contributed by atoms with E-state index in [1.54, 1.807) is 0 Å². The summed E-state index contributed by atoms with van der Waals surface area (Å²) in [6.07, 6.45) is 0.424. The van der Waals surface area contributed by atoms with E-state index in [0.29, 0.717) is 25.3 Å². The van der Waals surface area contributed by atoms with E-state index in [1.165, 1.54) is 24.3 Å². The first-order chi connectivity index (χ1) is 11.5. The highest BCUT2D eigenvalue weighted by molar-refractivity contribution is 7.89. The molecule has 0 bridgehead atoms. The summed E-state index contributed by atoms with van der Waals surface area (Å²) >= 11 is 0. The molecule has 0 radical (unpaired) electrons. The van der Waals surface area contributed by atoms with Gasteiger partial charge >= 0.3 is 0 Å². The molecular weight excluding hydrogens is 336 g/mol. The van der Waals surface area contributed by atoms with Gasteiger partial charge in [-0.1, -0.05) is 0 Å². The van der Waals surface area contributed by atoms with Crippen molar-refractivity contribution in [1.29, 1.82) is 0 Å². The van der Waals surface area contributed by atoms with Gasteiger partial charge in [0, 0.05) is 25.8 Å². The van der Waals surface area contributed by atoms with Crippen LogP contribution in [-0.2, 0) is 29.1 Å². The van der Waals surface area contributed by atoms with Crippen LogP contribution in [0.4, 0.5) is 5.69 Å². The minimum Gasteiger partial charge on any atom is -0.350 e. The summed E-state index contributed by atoms with van der Waals surface area (Å²) in [6.45, 7) is 1.23. The molecule has 1 aromatic rings. The van der Waals surface area contributed by atoms with E-state index < -0.39 is 10.0 Å². The average Bonchev–Trinajstić information content (AvgIpc) is 3.18. The van der Waals surface area contributed by atoms with E-state index in [9.17, 15) is 18.0 Å². The summed E-state index contributed by atoms with van der Waals surface area (Å²) in [7, 11) is -3.67. The number of hydrogen-bond acceptors (Lipinski definition) is 6. The predicted molar refractivity (Wildman–Crippen MR) is 83.7 cm³/mol. The Morgan fingerprint density at radius 3 is 2.21 bits per heavy atom. The standard InChI is InChI=1S/C15H18N2O6S/c18-13-5-6-14(19)17(13)11-1-3-12(4-2-11)24(20,21)16-8-7-15-22-9-10-23-15/h1-4,15-16H,5-10H2. The normalized spacial score (nSPS) is 19.4. The monoisotopic (exact) mass is 354 g/mol. The van der Waals surface area contributed by atoms with Crippen molar-refractivity contribution in [3.05, 3.63) is 24.3 Å². The minimum atomic E-state index is -3.67. The SMILES string of the molecule is O=C1CCC(=O)N1c1ccc(S(=O)(=O)NCCC2OCCO2)cc1. The molecule has 0 saturated carbocycles. The minimum absolute atomic E-state index is 0.0682. The van der Waals surface area contributed by atoms with E-state index in [4.69, 9.17) is 9.47 Å². The van der Waals surface area contributed by atoms with Crippen molar-refractivity contribution in [1.82, 2.24) is 4.72 Å². The Labute approximate surface area is 139 Å². The van der Waals surface area contributed by atoms with Gasteiger partial charge in [-0.25, -0.2) is 13.1 Å². The Hall–Kier alpha value is -1.81. The largest absolute Gasteiger partial charge is 0.350 e. The maximum Gasteiger partial charge on any atom is 0.240 e. The van der Waals surface area contributed by atoms with Crippen molar-refractivity contribution in [3.8, 4) is 0 Å². The number of benzene rings is 1. The van der Waals surface area contributed by atoms with Gasteiger partial charge in [0.2, 0.25) is 21.8 Å². The van der Waals surface area contributed by atoms with Crippen molar-refractivity contribution < 1.29 is 27.5 Å². The lowest BCUT2D eigenvalue weighted by molar-refractivity contribution is -0.121. The molecule has 2 fully saturated rings. The Bertz CT molecular complexity index is 709. The molecule has 2 amide bonds. The smallest absolute Gasteiger partial charge is 0.240 e. The molecule has 0 unspecified atom stereocenters. The fourth-order valence-electron chi connectivity index (χ4n) is 2.61. The Morgan fingerprint density at radius 1 is 1.04 bits per heavy atom. The summed E-state index contributed by atoms with van der Waals surface area (Å²) in [5, 5.41) is 0. The number of nitrogens with zero attached hydrogens (tertiary/aromatic N) is 1. The molecule has 24 heavy (non-hydrogen) atoms. The van der Waals surface area contributed by atoms with Crippen LogP contribution in [0.5, 0.6) is 0 Å². The van der Waals surface area contributed by atoms with Crippen molar-refractivity contribution >= 4 is 27.5 Å². The number of amides is 2. The van der Waals surface area contributed by atoms with Crippen molar-refractivity contribution in [3.63, 3.8) is 0 Å². The van der Waals surface area contributed by atoms with Crippen LogP contribution in [0.2, 0.25) is 0 Å². The third kappa shape index (κ3) is 3.64. The summed E-state index contributed by atoms with van der Waals surface area (Å²) in [5.41, 5.74) is 0.384. The predicted octanol–water partition coefficient (Wildman–Crippen LogP) is 0.381. The lowest BCUT2D eigenvalue weighted by atomic mass is 10.3. The summed E-state index contributed by atoms with van der Waals surface area (Å²) in [4.78, 5) is 24.5. The highest BCUT2D eigenvalue weighted by Crippen LogP contribution is 2.24. The highest BCUT2D eigenvalue weighted by Gasteiger charge is 2.30. The van der Waals surface area contributed by atoms with Gasteiger partial charge in [-0.05, 0) is 24.3 Å². The number of sulfonamides is 1. The molecule has 0 aliphatic carbocycles. The van der Waals surface area contributed by atoms with E-state index in [2.05, 4.69) is 4.72 Å². The second kappa shape index (κ2) is 6.98. The van der Waals surface area contributed by atoms with E-state index in [-0.39, 0.29) is 42.4 Å². The molecule has 1 N–H and O–H groups in total. The van der Waals surface area contributed by atoms with E-state index in [0.717, 1.165) is 4.90 Å². The number of hydrogen-bond donors (Lipinski definition) is 1. The molecule has 0 spiro atoms. The van der Waals surface area contributed by atoms with Crippen LogP contribution in [0, 0.1) is 0 Å². The zero-order chi connectivity index (χ0) is 17.2. The zero-order valence-electron chi connectivity index (χ0n) is 12.9. The maximum absolute atomic E-state index is 12.2. The second-order valence-corrected chi connectivity index (χ2v) is 7.24. The summed E-state index contributed by atoms with van der Waals surface area (Å²) in [6, 6.07) is 5.66. The Balaban J connectivity index is 1.63. The lowest BCUT2D eigenvalue weighted by Gasteiger charge is -2.14. The molecule has 0 aromatic heterocycles. The van der Waals surface area contributed by atoms with Crippen LogP contribution in [0.25, 0.3) is 0 Å². The first-order valence-corrected chi connectivity index (χ1v) is 9.14. The molecule has 8 nitrogen and oxygen atoms in total. The quantitative estimate of drug-likeness (QED) is 0.741. The van der Waals surface area contributed by atoms with Gasteiger partial charge in [0.1, 0.15) is 0 Å². The number of rotatable bonds is 6. The van der Waals surface area contributed by atoms with Crippen LogP contribution < -0.4 is 9.62 Å². The van der Waals surface area contributed by atoms with Gasteiger partial charge in [0.15, 0.2) is 6.29 Å². The van der Waals surface area contributed by atoms with Crippen molar-refractivity contribution in [2.75, 3.05) is 24.7 Å². The Morgan fingerprint density at radius 2 is 1.62 bits per heavy atom. The fourth-order valence-corrected chi connectivity index (χ4v) is 3.65. The second-order valence-electron chi connectivity index (χ2n) is 5.47. The molecule has 2 aliphatic rings. The molecule has 2 aliphatic heterocycles. The van der Waals surface area contributed by atoms with Crippen molar-refractivity contribution in [2.45, 2.75) is 30.4 Å². The van der Waals surface area contributed by atoms with Crippen LogP contribution >= 0.6 is 0 Å². The first-order valence-electron chi connectivity index (χ1n) is 7.66. The summed E-state index contributed by atoms with van der Waals surface area (Å²) < 4.78 is 37.4. The van der Waals surface area contributed by atoms with Gasteiger partial charge in [-0.2, -0.15) is 0 Å².